The normalized spacial score (nSPS) is 10.3. The topological polar surface area (TPSA) is 89.8 Å². The van der Waals surface area contributed by atoms with E-state index < -0.39 is 4.92 Å². The molecule has 2 aromatic rings. The molecule has 7 heteroatoms. The fraction of sp³-hybridized carbons (Fsp3) is 0.300. The number of esters is 1. The van der Waals surface area contributed by atoms with Crippen molar-refractivity contribution < 1.29 is 19.2 Å². The summed E-state index contributed by atoms with van der Waals surface area (Å²) >= 11 is 0. The van der Waals surface area contributed by atoms with E-state index in [2.05, 4.69) is 0 Å². The number of nitrogens with zero attached hydrogens (tertiary/aromatic N) is 2. The van der Waals surface area contributed by atoms with E-state index in [0.29, 0.717) is 12.1 Å². The monoisotopic (exact) mass is 370 g/mol. The zero-order valence-electron chi connectivity index (χ0n) is 15.2. The molecule has 0 bridgehead atoms. The van der Waals surface area contributed by atoms with Gasteiger partial charge in [0.15, 0.2) is 0 Å². The molecular formula is C20H22N2O5. The second-order valence-electron chi connectivity index (χ2n) is 5.92. The van der Waals surface area contributed by atoms with Crippen LogP contribution in [0.15, 0.2) is 54.6 Å². The fourth-order valence-corrected chi connectivity index (χ4v) is 2.67. The Labute approximate surface area is 157 Å². The largest absolute Gasteiger partial charge is 0.466 e. The molecule has 7 nitrogen and oxygen atoms in total. The summed E-state index contributed by atoms with van der Waals surface area (Å²) < 4.78 is 4.92. The molecule has 27 heavy (non-hydrogen) atoms. The lowest BCUT2D eigenvalue weighted by atomic mass is 10.1. The van der Waals surface area contributed by atoms with Crippen LogP contribution in [0, 0.1) is 10.1 Å². The van der Waals surface area contributed by atoms with Crippen LogP contribution in [0.1, 0.15) is 24.5 Å². The van der Waals surface area contributed by atoms with Gasteiger partial charge in [-0.05, 0) is 12.5 Å². The van der Waals surface area contributed by atoms with Gasteiger partial charge in [0.2, 0.25) is 5.91 Å². The molecule has 0 saturated heterocycles. The van der Waals surface area contributed by atoms with Crippen LogP contribution in [-0.4, -0.2) is 34.9 Å². The summed E-state index contributed by atoms with van der Waals surface area (Å²) in [4.78, 5) is 36.7. The summed E-state index contributed by atoms with van der Waals surface area (Å²) in [5.74, 6) is -0.661. The van der Waals surface area contributed by atoms with Gasteiger partial charge in [-0.15, -0.1) is 0 Å². The van der Waals surface area contributed by atoms with Crippen LogP contribution in [0.4, 0.5) is 5.69 Å². The van der Waals surface area contributed by atoms with Gasteiger partial charge >= 0.3 is 5.97 Å². The van der Waals surface area contributed by atoms with Crippen molar-refractivity contribution in [3.8, 4) is 0 Å². The first kappa shape index (κ1) is 20.1. The van der Waals surface area contributed by atoms with Crippen molar-refractivity contribution in [2.24, 2.45) is 0 Å². The molecule has 0 saturated carbocycles. The number of nitro benzene ring substituents is 1. The third kappa shape index (κ3) is 6.22. The van der Waals surface area contributed by atoms with Crippen LogP contribution in [0.5, 0.6) is 0 Å². The zero-order chi connectivity index (χ0) is 19.6. The quantitative estimate of drug-likeness (QED) is 0.384. The van der Waals surface area contributed by atoms with Gasteiger partial charge < -0.3 is 9.64 Å². The molecule has 0 aliphatic rings. The Morgan fingerprint density at radius 2 is 1.74 bits per heavy atom. The number of ether oxygens (including phenoxy) is 1. The number of para-hydroxylation sites is 1. The van der Waals surface area contributed by atoms with Gasteiger partial charge in [-0.25, -0.2) is 0 Å². The van der Waals surface area contributed by atoms with E-state index >= 15 is 0 Å². The van der Waals surface area contributed by atoms with Crippen molar-refractivity contribution in [2.45, 2.75) is 26.3 Å². The number of hydrogen-bond donors (Lipinski definition) is 0. The Balaban J connectivity index is 2.14. The van der Waals surface area contributed by atoms with E-state index in [0.717, 1.165) is 5.56 Å². The molecule has 1 amide bonds. The van der Waals surface area contributed by atoms with Gasteiger partial charge in [0.25, 0.3) is 5.69 Å². The number of benzene rings is 2. The smallest absolute Gasteiger partial charge is 0.307 e. The molecule has 0 unspecified atom stereocenters. The summed E-state index contributed by atoms with van der Waals surface area (Å²) in [5, 5.41) is 11.2. The lowest BCUT2D eigenvalue weighted by Crippen LogP contribution is -2.34. The van der Waals surface area contributed by atoms with Gasteiger partial charge in [0.05, 0.1) is 24.4 Å². The Hall–Kier alpha value is -3.22. The molecule has 0 N–H and O–H groups in total. The van der Waals surface area contributed by atoms with E-state index in [1.165, 1.54) is 11.0 Å². The molecule has 0 radical (unpaired) electrons. The number of carbonyl (C=O) groups excluding carboxylic acids is 2. The molecule has 2 aromatic carbocycles. The van der Waals surface area contributed by atoms with Crippen LogP contribution in [0.3, 0.4) is 0 Å². The minimum Gasteiger partial charge on any atom is -0.466 e. The van der Waals surface area contributed by atoms with Crippen molar-refractivity contribution in [2.75, 3.05) is 13.2 Å². The maximum Gasteiger partial charge on any atom is 0.307 e. The number of carbonyl (C=O) groups is 2. The molecule has 0 heterocycles. The Morgan fingerprint density at radius 1 is 1.07 bits per heavy atom. The summed E-state index contributed by atoms with van der Waals surface area (Å²) in [5.41, 5.74) is 1.18. The van der Waals surface area contributed by atoms with Crippen molar-refractivity contribution in [3.05, 3.63) is 75.8 Å². The number of nitro groups is 1. The Kier molecular flexibility index (Phi) is 7.49. The van der Waals surface area contributed by atoms with E-state index in [-0.39, 0.29) is 43.6 Å². The van der Waals surface area contributed by atoms with Gasteiger partial charge in [-0.2, -0.15) is 0 Å². The van der Waals surface area contributed by atoms with Gasteiger partial charge in [0.1, 0.15) is 0 Å². The van der Waals surface area contributed by atoms with Gasteiger partial charge in [-0.1, -0.05) is 48.5 Å². The molecule has 0 atom stereocenters. The van der Waals surface area contributed by atoms with E-state index in [9.17, 15) is 19.7 Å². The molecule has 142 valence electrons. The first-order valence-corrected chi connectivity index (χ1v) is 8.71. The van der Waals surface area contributed by atoms with Crippen molar-refractivity contribution in [1.29, 1.82) is 0 Å². The van der Waals surface area contributed by atoms with Crippen LogP contribution in [0.2, 0.25) is 0 Å². The number of amides is 1. The molecule has 0 fully saturated rings. The number of hydrogen-bond acceptors (Lipinski definition) is 5. The highest BCUT2D eigenvalue weighted by Crippen LogP contribution is 2.19. The predicted molar refractivity (Wildman–Crippen MR) is 99.9 cm³/mol. The SMILES string of the molecule is CCOC(=O)CCN(Cc1ccccc1)C(=O)Cc1ccccc1[N+](=O)[O-]. The van der Waals surface area contributed by atoms with Crippen LogP contribution in [-0.2, 0) is 27.3 Å². The Bertz CT molecular complexity index is 792. The lowest BCUT2D eigenvalue weighted by Gasteiger charge is -2.22. The highest BCUT2D eigenvalue weighted by Gasteiger charge is 2.21. The van der Waals surface area contributed by atoms with Crippen molar-refractivity contribution >= 4 is 17.6 Å². The predicted octanol–water partition coefficient (Wildman–Crippen LogP) is 3.12. The maximum atomic E-state index is 12.8. The third-order valence-corrected chi connectivity index (χ3v) is 3.99. The second kappa shape index (κ2) is 10.1. The zero-order valence-corrected chi connectivity index (χ0v) is 15.2. The molecule has 0 aliphatic heterocycles. The molecule has 0 spiro atoms. The van der Waals surface area contributed by atoms with E-state index in [1.54, 1.807) is 25.1 Å². The summed E-state index contributed by atoms with van der Waals surface area (Å²) in [7, 11) is 0. The molecule has 0 aromatic heterocycles. The van der Waals surface area contributed by atoms with Gasteiger partial charge in [0, 0.05) is 24.7 Å². The average molecular weight is 370 g/mol. The minimum absolute atomic E-state index is 0.0727. The summed E-state index contributed by atoms with van der Waals surface area (Å²) in [6.07, 6.45) is -0.0316. The average Bonchev–Trinajstić information content (AvgIpc) is 2.66. The van der Waals surface area contributed by atoms with Crippen molar-refractivity contribution in [3.63, 3.8) is 0 Å². The first-order chi connectivity index (χ1) is 13.0. The highest BCUT2D eigenvalue weighted by atomic mass is 16.6. The van der Waals surface area contributed by atoms with Crippen LogP contribution < -0.4 is 0 Å². The van der Waals surface area contributed by atoms with Crippen LogP contribution >= 0.6 is 0 Å². The highest BCUT2D eigenvalue weighted by molar-refractivity contribution is 5.80. The second-order valence-corrected chi connectivity index (χ2v) is 5.92. The lowest BCUT2D eigenvalue weighted by molar-refractivity contribution is -0.385. The molecular weight excluding hydrogens is 348 g/mol. The van der Waals surface area contributed by atoms with E-state index in [4.69, 9.17) is 4.74 Å². The molecule has 0 aliphatic carbocycles. The standard InChI is InChI=1S/C20H22N2O5/c1-2-27-20(24)12-13-21(15-16-8-4-3-5-9-16)19(23)14-17-10-6-7-11-18(17)22(25)26/h3-11H,2,12-15H2,1H3. The van der Waals surface area contributed by atoms with Crippen LogP contribution in [0.25, 0.3) is 0 Å². The number of rotatable bonds is 9. The Morgan fingerprint density at radius 3 is 2.41 bits per heavy atom. The van der Waals surface area contributed by atoms with Crippen molar-refractivity contribution in [1.82, 2.24) is 4.90 Å². The summed E-state index contributed by atoms with van der Waals surface area (Å²) in [6.45, 7) is 2.51. The third-order valence-electron chi connectivity index (χ3n) is 3.99. The van der Waals surface area contributed by atoms with E-state index in [1.807, 2.05) is 30.3 Å². The maximum absolute atomic E-state index is 12.8. The van der Waals surface area contributed by atoms with Gasteiger partial charge in [-0.3, -0.25) is 19.7 Å². The summed E-state index contributed by atoms with van der Waals surface area (Å²) in [6, 6.07) is 15.6. The minimum atomic E-state index is -0.497. The first-order valence-electron chi connectivity index (χ1n) is 8.71. The molecule has 2 rings (SSSR count). The fourth-order valence-electron chi connectivity index (χ4n) is 2.67.